The molecular formula is C25H26F2N2O3. The van der Waals surface area contributed by atoms with Crippen molar-refractivity contribution in [3.8, 4) is 22.9 Å². The monoisotopic (exact) mass is 440 g/mol. The van der Waals surface area contributed by atoms with Crippen LogP contribution in [0.15, 0.2) is 36.4 Å². The number of amides is 1. The van der Waals surface area contributed by atoms with E-state index < -0.39 is 17.2 Å². The summed E-state index contributed by atoms with van der Waals surface area (Å²) >= 11 is 0. The molecule has 3 atom stereocenters. The van der Waals surface area contributed by atoms with Gasteiger partial charge in [-0.15, -0.1) is 0 Å². The van der Waals surface area contributed by atoms with E-state index in [1.54, 1.807) is 29.2 Å². The van der Waals surface area contributed by atoms with E-state index >= 15 is 0 Å². The van der Waals surface area contributed by atoms with Crippen LogP contribution in [0.2, 0.25) is 0 Å². The highest BCUT2D eigenvalue weighted by Gasteiger charge is 2.67. The molecule has 0 aromatic heterocycles. The van der Waals surface area contributed by atoms with Crippen molar-refractivity contribution in [2.75, 3.05) is 19.7 Å². The van der Waals surface area contributed by atoms with E-state index in [-0.39, 0.29) is 35.7 Å². The Bertz CT molecular complexity index is 1060. The Balaban J connectivity index is 1.38. The molecule has 2 fully saturated rings. The number of hydrogen-bond donors (Lipinski definition) is 0. The molecule has 0 bridgehead atoms. The van der Waals surface area contributed by atoms with Gasteiger partial charge in [-0.2, -0.15) is 5.26 Å². The van der Waals surface area contributed by atoms with Gasteiger partial charge < -0.3 is 14.4 Å². The standard InChI is InChI=1S/C25H26F2N2O3/c1-24(2,3)32-23(30)29-12-18-19(25(18,4)14-29)13-31-22-20(26)9-17(10-21(22)27)16-7-5-15(11-28)6-8-16/h5-10,18-19H,12-14H2,1-4H3. The fourth-order valence-electron chi connectivity index (χ4n) is 4.59. The fraction of sp³-hybridized carbons (Fsp3) is 0.440. The summed E-state index contributed by atoms with van der Waals surface area (Å²) in [5.74, 6) is -1.58. The second kappa shape index (κ2) is 7.77. The summed E-state index contributed by atoms with van der Waals surface area (Å²) in [6.45, 7) is 8.84. The van der Waals surface area contributed by atoms with Crippen molar-refractivity contribution < 1.29 is 23.0 Å². The number of nitrogens with zero attached hydrogens (tertiary/aromatic N) is 2. The van der Waals surface area contributed by atoms with Crippen LogP contribution in [0.1, 0.15) is 33.3 Å². The third-order valence-corrected chi connectivity index (χ3v) is 6.42. The molecule has 1 heterocycles. The van der Waals surface area contributed by atoms with Crippen LogP contribution in [-0.4, -0.2) is 36.3 Å². The number of benzene rings is 2. The van der Waals surface area contributed by atoms with Crippen LogP contribution in [-0.2, 0) is 4.74 Å². The molecule has 4 rings (SSSR count). The van der Waals surface area contributed by atoms with Gasteiger partial charge >= 0.3 is 6.09 Å². The van der Waals surface area contributed by atoms with E-state index in [1.807, 2.05) is 26.8 Å². The zero-order valence-corrected chi connectivity index (χ0v) is 18.6. The quantitative estimate of drug-likeness (QED) is 0.640. The van der Waals surface area contributed by atoms with Gasteiger partial charge in [0.05, 0.1) is 18.2 Å². The van der Waals surface area contributed by atoms with Crippen LogP contribution >= 0.6 is 0 Å². The minimum atomic E-state index is -0.768. The molecule has 2 aliphatic rings. The van der Waals surface area contributed by atoms with Crippen molar-refractivity contribution >= 4 is 6.09 Å². The number of carbonyl (C=O) groups excluding carboxylic acids is 1. The number of likely N-dealkylation sites (tertiary alicyclic amines) is 1. The largest absolute Gasteiger partial charge is 0.487 e. The second-order valence-corrected chi connectivity index (χ2v) is 9.85. The van der Waals surface area contributed by atoms with Crippen molar-refractivity contribution in [1.29, 1.82) is 5.26 Å². The summed E-state index contributed by atoms with van der Waals surface area (Å²) in [5.41, 5.74) is 0.779. The highest BCUT2D eigenvalue weighted by Crippen LogP contribution is 2.63. The molecule has 0 spiro atoms. The molecule has 0 N–H and O–H groups in total. The lowest BCUT2D eigenvalue weighted by atomic mass is 10.0. The fourth-order valence-corrected chi connectivity index (χ4v) is 4.59. The van der Waals surface area contributed by atoms with Crippen LogP contribution in [0.5, 0.6) is 5.75 Å². The number of ether oxygens (including phenoxy) is 2. The predicted molar refractivity (Wildman–Crippen MR) is 115 cm³/mol. The molecule has 5 nitrogen and oxygen atoms in total. The molecule has 1 saturated carbocycles. The maximum absolute atomic E-state index is 14.6. The van der Waals surface area contributed by atoms with Gasteiger partial charge in [0.1, 0.15) is 5.60 Å². The summed E-state index contributed by atoms with van der Waals surface area (Å²) in [6, 6.07) is 11.0. The molecule has 7 heteroatoms. The smallest absolute Gasteiger partial charge is 0.410 e. The zero-order chi connectivity index (χ0) is 23.3. The molecule has 0 radical (unpaired) electrons. The first-order valence-corrected chi connectivity index (χ1v) is 10.6. The van der Waals surface area contributed by atoms with Crippen LogP contribution in [0.25, 0.3) is 11.1 Å². The molecule has 32 heavy (non-hydrogen) atoms. The summed E-state index contributed by atoms with van der Waals surface area (Å²) in [4.78, 5) is 14.0. The Morgan fingerprint density at radius 2 is 1.81 bits per heavy atom. The van der Waals surface area contributed by atoms with Crippen molar-refractivity contribution in [3.05, 3.63) is 53.6 Å². The van der Waals surface area contributed by atoms with E-state index in [0.717, 1.165) is 0 Å². The Kier molecular flexibility index (Phi) is 5.36. The summed E-state index contributed by atoms with van der Waals surface area (Å²) in [6.07, 6.45) is -0.332. The third kappa shape index (κ3) is 4.14. The average molecular weight is 440 g/mol. The van der Waals surface area contributed by atoms with Gasteiger partial charge in [0.15, 0.2) is 17.4 Å². The van der Waals surface area contributed by atoms with Crippen molar-refractivity contribution in [1.82, 2.24) is 4.90 Å². The van der Waals surface area contributed by atoms with E-state index in [0.29, 0.717) is 29.8 Å². The number of piperidine rings is 1. The van der Waals surface area contributed by atoms with E-state index in [4.69, 9.17) is 14.7 Å². The molecule has 1 aliphatic carbocycles. The lowest BCUT2D eigenvalue weighted by Gasteiger charge is -2.27. The maximum Gasteiger partial charge on any atom is 0.410 e. The van der Waals surface area contributed by atoms with Crippen molar-refractivity contribution in [3.63, 3.8) is 0 Å². The molecule has 1 saturated heterocycles. The Morgan fingerprint density at radius 1 is 1.19 bits per heavy atom. The topological polar surface area (TPSA) is 62.6 Å². The Morgan fingerprint density at radius 3 is 2.31 bits per heavy atom. The Labute approximate surface area is 186 Å². The van der Waals surface area contributed by atoms with Crippen molar-refractivity contribution in [2.45, 2.75) is 33.3 Å². The molecule has 168 valence electrons. The van der Waals surface area contributed by atoms with Crippen molar-refractivity contribution in [2.24, 2.45) is 17.3 Å². The highest BCUT2D eigenvalue weighted by molar-refractivity contribution is 5.69. The van der Waals surface area contributed by atoms with Gasteiger partial charge in [0.25, 0.3) is 0 Å². The minimum Gasteiger partial charge on any atom is -0.487 e. The lowest BCUT2D eigenvalue weighted by molar-refractivity contribution is 0.0246. The normalized spacial score (nSPS) is 24.0. The molecule has 2 aromatic carbocycles. The molecule has 1 aliphatic heterocycles. The van der Waals surface area contributed by atoms with E-state index in [1.165, 1.54) is 12.1 Å². The van der Waals surface area contributed by atoms with Crippen LogP contribution < -0.4 is 4.74 Å². The molecular weight excluding hydrogens is 414 g/mol. The first-order valence-electron chi connectivity index (χ1n) is 10.6. The third-order valence-electron chi connectivity index (χ3n) is 6.42. The number of rotatable bonds is 4. The summed E-state index contributed by atoms with van der Waals surface area (Å²) in [5, 5.41) is 8.88. The van der Waals surface area contributed by atoms with Gasteiger partial charge in [-0.05, 0) is 67.5 Å². The van der Waals surface area contributed by atoms with E-state index in [9.17, 15) is 13.6 Å². The lowest BCUT2D eigenvalue weighted by Crippen LogP contribution is -2.38. The summed E-state index contributed by atoms with van der Waals surface area (Å²) in [7, 11) is 0. The zero-order valence-electron chi connectivity index (χ0n) is 18.6. The highest BCUT2D eigenvalue weighted by atomic mass is 19.1. The van der Waals surface area contributed by atoms with Gasteiger partial charge in [0.2, 0.25) is 0 Å². The first-order chi connectivity index (χ1) is 15.0. The van der Waals surface area contributed by atoms with Crippen LogP contribution in [0.4, 0.5) is 13.6 Å². The number of halogens is 2. The van der Waals surface area contributed by atoms with Gasteiger partial charge in [-0.25, -0.2) is 13.6 Å². The minimum absolute atomic E-state index is 0.123. The number of nitriles is 1. The maximum atomic E-state index is 14.6. The number of carbonyl (C=O) groups is 1. The van der Waals surface area contributed by atoms with E-state index in [2.05, 4.69) is 6.92 Å². The predicted octanol–water partition coefficient (Wildman–Crippen LogP) is 5.39. The number of fused-ring (bicyclic) bond motifs is 1. The van der Waals surface area contributed by atoms with Gasteiger partial charge in [-0.1, -0.05) is 19.1 Å². The molecule has 2 aromatic rings. The summed E-state index contributed by atoms with van der Waals surface area (Å²) < 4.78 is 40.3. The van der Waals surface area contributed by atoms with Gasteiger partial charge in [0, 0.05) is 19.0 Å². The second-order valence-electron chi connectivity index (χ2n) is 9.85. The van der Waals surface area contributed by atoms with Crippen LogP contribution in [0, 0.1) is 40.2 Å². The molecule has 3 unspecified atom stereocenters. The first kappa shape index (κ1) is 22.1. The van der Waals surface area contributed by atoms with Gasteiger partial charge in [-0.3, -0.25) is 0 Å². The number of hydrogen-bond acceptors (Lipinski definition) is 4. The molecule has 1 amide bonds. The van der Waals surface area contributed by atoms with Crippen LogP contribution in [0.3, 0.4) is 0 Å². The SMILES string of the molecule is CC(C)(C)OC(=O)N1CC2C(COc3c(F)cc(-c4ccc(C#N)cc4)cc3F)C2(C)C1. The Hall–Kier alpha value is -3.14. The average Bonchev–Trinajstić information content (AvgIpc) is 3.07.